The molecule has 0 aliphatic rings. The Bertz CT molecular complexity index is 564. The van der Waals surface area contributed by atoms with Crippen LogP contribution in [0.1, 0.15) is 22.0 Å². The molecule has 0 saturated carbocycles. The van der Waals surface area contributed by atoms with Crippen LogP contribution in [0.3, 0.4) is 0 Å². The first kappa shape index (κ1) is 11.2. The largest absolute Gasteiger partial charge is 0.463 e. The Hall–Kier alpha value is -2.31. The first-order chi connectivity index (χ1) is 8.11. The number of hydrogen-bond donors (Lipinski definition) is 0. The summed E-state index contributed by atoms with van der Waals surface area (Å²) in [7, 11) is 1.28. The van der Waals surface area contributed by atoms with E-state index in [-0.39, 0.29) is 5.82 Å². The second kappa shape index (κ2) is 4.28. The smallest absolute Gasteiger partial charge is 0.377 e. The number of carbonyl (C=O) groups excluding carboxylic acids is 1. The van der Waals surface area contributed by atoms with Gasteiger partial charge >= 0.3 is 5.97 Å². The maximum atomic E-state index is 11.2. The van der Waals surface area contributed by atoms with Crippen molar-refractivity contribution in [2.24, 2.45) is 0 Å². The van der Waals surface area contributed by atoms with Crippen molar-refractivity contribution in [3.63, 3.8) is 0 Å². The molecule has 2 aromatic rings. The van der Waals surface area contributed by atoms with Crippen LogP contribution in [-0.4, -0.2) is 37.8 Å². The first-order valence-corrected chi connectivity index (χ1v) is 4.92. The summed E-state index contributed by atoms with van der Waals surface area (Å²) in [5, 5.41) is 3.95. The fourth-order valence-electron chi connectivity index (χ4n) is 1.20. The third kappa shape index (κ3) is 2.12. The Morgan fingerprint density at radius 1 is 1.29 bits per heavy atom. The van der Waals surface area contributed by atoms with E-state index in [1.54, 1.807) is 6.20 Å². The molecule has 0 amide bonds. The lowest BCUT2D eigenvalue weighted by Gasteiger charge is -2.01. The van der Waals surface area contributed by atoms with E-state index in [1.165, 1.54) is 18.1 Å². The molecule has 7 nitrogen and oxygen atoms in total. The number of nitrogens with zero attached hydrogens (tertiary/aromatic N) is 5. The summed E-state index contributed by atoms with van der Waals surface area (Å²) in [6.45, 7) is 3.72. The lowest BCUT2D eigenvalue weighted by molar-refractivity contribution is 0.0587. The molecule has 0 atom stereocenters. The second-order valence-corrected chi connectivity index (χ2v) is 3.40. The number of ether oxygens (including phenoxy) is 1. The molecule has 0 saturated heterocycles. The third-order valence-electron chi connectivity index (χ3n) is 2.27. The average molecular weight is 233 g/mol. The summed E-state index contributed by atoms with van der Waals surface area (Å²) >= 11 is 0. The molecule has 7 heteroatoms. The SMILES string of the molecule is COC(=O)c1ncn(-c2cnc(C)c(C)n2)n1. The number of hydrogen-bond acceptors (Lipinski definition) is 6. The van der Waals surface area contributed by atoms with Crippen LogP contribution in [0.5, 0.6) is 0 Å². The highest BCUT2D eigenvalue weighted by atomic mass is 16.5. The number of methoxy groups -OCH3 is 1. The Kier molecular flexibility index (Phi) is 2.82. The van der Waals surface area contributed by atoms with Crippen LogP contribution in [0.25, 0.3) is 5.82 Å². The van der Waals surface area contributed by atoms with E-state index in [0.717, 1.165) is 11.4 Å². The summed E-state index contributed by atoms with van der Waals surface area (Å²) in [5.41, 5.74) is 1.65. The van der Waals surface area contributed by atoms with Gasteiger partial charge in [0.15, 0.2) is 5.82 Å². The lowest BCUT2D eigenvalue weighted by atomic mass is 10.3. The van der Waals surface area contributed by atoms with Crippen LogP contribution in [0, 0.1) is 13.8 Å². The van der Waals surface area contributed by atoms with E-state index in [9.17, 15) is 4.79 Å². The molecule has 0 aliphatic heterocycles. The van der Waals surface area contributed by atoms with E-state index < -0.39 is 5.97 Å². The van der Waals surface area contributed by atoms with Crippen LogP contribution in [-0.2, 0) is 4.74 Å². The van der Waals surface area contributed by atoms with Gasteiger partial charge in [-0.25, -0.2) is 19.4 Å². The third-order valence-corrected chi connectivity index (χ3v) is 2.27. The van der Waals surface area contributed by atoms with Crippen molar-refractivity contribution < 1.29 is 9.53 Å². The van der Waals surface area contributed by atoms with E-state index in [2.05, 4.69) is 24.8 Å². The van der Waals surface area contributed by atoms with Gasteiger partial charge in [0.25, 0.3) is 5.82 Å². The highest BCUT2D eigenvalue weighted by Gasteiger charge is 2.12. The summed E-state index contributed by atoms with van der Waals surface area (Å²) < 4.78 is 5.90. The minimum atomic E-state index is -0.583. The van der Waals surface area contributed by atoms with Crippen molar-refractivity contribution in [3.05, 3.63) is 29.7 Å². The fourth-order valence-corrected chi connectivity index (χ4v) is 1.20. The van der Waals surface area contributed by atoms with Crippen LogP contribution in [0.15, 0.2) is 12.5 Å². The van der Waals surface area contributed by atoms with Gasteiger partial charge in [-0.05, 0) is 13.8 Å². The Morgan fingerprint density at radius 2 is 2.06 bits per heavy atom. The van der Waals surface area contributed by atoms with Gasteiger partial charge in [-0.3, -0.25) is 4.98 Å². The molecule has 17 heavy (non-hydrogen) atoms. The molecular weight excluding hydrogens is 222 g/mol. The van der Waals surface area contributed by atoms with Gasteiger partial charge in [0.2, 0.25) is 0 Å². The minimum Gasteiger partial charge on any atom is -0.463 e. The highest BCUT2D eigenvalue weighted by Crippen LogP contribution is 2.05. The van der Waals surface area contributed by atoms with Crippen LogP contribution in [0.2, 0.25) is 0 Å². The number of aryl methyl sites for hydroxylation is 2. The predicted octanol–water partition coefficient (Wildman–Crippen LogP) is 0.461. The number of esters is 1. The van der Waals surface area contributed by atoms with Crippen LogP contribution in [0.4, 0.5) is 0 Å². The quantitative estimate of drug-likeness (QED) is 0.701. The first-order valence-electron chi connectivity index (χ1n) is 4.92. The zero-order valence-electron chi connectivity index (χ0n) is 9.71. The maximum absolute atomic E-state index is 11.2. The van der Waals surface area contributed by atoms with E-state index >= 15 is 0 Å². The van der Waals surface area contributed by atoms with Gasteiger partial charge in [-0.15, -0.1) is 5.10 Å². The van der Waals surface area contributed by atoms with Crippen molar-refractivity contribution in [2.75, 3.05) is 7.11 Å². The highest BCUT2D eigenvalue weighted by molar-refractivity contribution is 5.84. The monoisotopic (exact) mass is 233 g/mol. The van der Waals surface area contributed by atoms with E-state index in [0.29, 0.717) is 5.82 Å². The normalized spacial score (nSPS) is 10.3. The maximum Gasteiger partial charge on any atom is 0.377 e. The van der Waals surface area contributed by atoms with Crippen molar-refractivity contribution >= 4 is 5.97 Å². The molecule has 0 bridgehead atoms. The molecule has 2 rings (SSSR count). The van der Waals surface area contributed by atoms with Gasteiger partial charge in [-0.1, -0.05) is 0 Å². The predicted molar refractivity (Wildman–Crippen MR) is 57.8 cm³/mol. The molecular formula is C10H11N5O2. The molecule has 88 valence electrons. The minimum absolute atomic E-state index is 0.00692. The summed E-state index contributed by atoms with van der Waals surface area (Å²) in [4.78, 5) is 23.5. The zero-order chi connectivity index (χ0) is 12.4. The van der Waals surface area contributed by atoms with E-state index in [4.69, 9.17) is 0 Å². The Morgan fingerprint density at radius 3 is 2.71 bits per heavy atom. The Labute approximate surface area is 97.5 Å². The number of carbonyl (C=O) groups is 1. The summed E-state index contributed by atoms with van der Waals surface area (Å²) in [6.07, 6.45) is 2.96. The van der Waals surface area contributed by atoms with Gasteiger partial charge < -0.3 is 4.74 Å². The molecule has 0 N–H and O–H groups in total. The second-order valence-electron chi connectivity index (χ2n) is 3.40. The molecule has 0 radical (unpaired) electrons. The molecule has 2 aromatic heterocycles. The van der Waals surface area contributed by atoms with Crippen molar-refractivity contribution in [3.8, 4) is 5.82 Å². The van der Waals surface area contributed by atoms with Gasteiger partial charge in [0, 0.05) is 0 Å². The number of rotatable bonds is 2. The van der Waals surface area contributed by atoms with E-state index in [1.807, 2.05) is 13.8 Å². The van der Waals surface area contributed by atoms with Crippen molar-refractivity contribution in [1.82, 2.24) is 24.7 Å². The van der Waals surface area contributed by atoms with Crippen molar-refractivity contribution in [1.29, 1.82) is 0 Å². The zero-order valence-corrected chi connectivity index (χ0v) is 9.71. The lowest BCUT2D eigenvalue weighted by Crippen LogP contribution is -2.06. The van der Waals surface area contributed by atoms with Crippen LogP contribution >= 0.6 is 0 Å². The van der Waals surface area contributed by atoms with Crippen molar-refractivity contribution in [2.45, 2.75) is 13.8 Å². The fraction of sp³-hybridized carbons (Fsp3) is 0.300. The van der Waals surface area contributed by atoms with Gasteiger partial charge in [0.1, 0.15) is 6.33 Å². The Balaban J connectivity index is 2.37. The molecule has 0 unspecified atom stereocenters. The number of aromatic nitrogens is 5. The molecule has 0 spiro atoms. The standard InChI is InChI=1S/C10H11N5O2/c1-6-7(2)13-8(4-11-6)15-5-12-9(14-15)10(16)17-3/h4-5H,1-3H3. The molecule has 0 aromatic carbocycles. The molecule has 0 fully saturated rings. The molecule has 0 aliphatic carbocycles. The molecule has 2 heterocycles. The van der Waals surface area contributed by atoms with Gasteiger partial charge in [0.05, 0.1) is 24.7 Å². The topological polar surface area (TPSA) is 82.8 Å². The van der Waals surface area contributed by atoms with Crippen LogP contribution < -0.4 is 0 Å². The van der Waals surface area contributed by atoms with Gasteiger partial charge in [-0.2, -0.15) is 0 Å². The summed E-state index contributed by atoms with van der Waals surface area (Å²) in [5.74, 6) is -0.0798. The summed E-state index contributed by atoms with van der Waals surface area (Å²) in [6, 6.07) is 0. The average Bonchev–Trinajstić information content (AvgIpc) is 2.81.